The van der Waals surface area contributed by atoms with Gasteiger partial charge in [-0.3, -0.25) is 0 Å². The maximum Gasteiger partial charge on any atom is 0.343 e. The van der Waals surface area contributed by atoms with Crippen LogP contribution in [0.1, 0.15) is 10.4 Å². The minimum Gasteiger partial charge on any atom is -0.480 e. The monoisotopic (exact) mass is 308 g/mol. The minimum atomic E-state index is -0.493. The molecule has 0 aliphatic heterocycles. The number of anilines is 1. The Morgan fingerprint density at radius 2 is 2.21 bits per heavy atom. The Hall–Kier alpha value is -1.05. The summed E-state index contributed by atoms with van der Waals surface area (Å²) in [6.07, 6.45) is 0. The van der Waals surface area contributed by atoms with Gasteiger partial charge in [0, 0.05) is 0 Å². The summed E-state index contributed by atoms with van der Waals surface area (Å²) in [5, 5.41) is 0. The Bertz CT molecular complexity index is 368. The number of methoxy groups -OCH3 is 2. The number of nitrogens with zero attached hydrogens (tertiary/aromatic N) is 1. The fraction of sp³-hybridized carbons (Fsp3) is 0.250. The summed E-state index contributed by atoms with van der Waals surface area (Å²) in [6.45, 7) is 0. The van der Waals surface area contributed by atoms with Crippen LogP contribution in [0.25, 0.3) is 0 Å². The molecule has 0 aromatic carbocycles. The van der Waals surface area contributed by atoms with Crippen LogP contribution in [0, 0.1) is 3.57 Å². The Labute approximate surface area is 94.7 Å². The number of esters is 1. The third-order valence-corrected chi connectivity index (χ3v) is 2.43. The first-order chi connectivity index (χ1) is 6.60. The molecule has 0 amide bonds. The highest BCUT2D eigenvalue weighted by Gasteiger charge is 2.16. The predicted molar refractivity (Wildman–Crippen MR) is 59.3 cm³/mol. The lowest BCUT2D eigenvalue weighted by molar-refractivity contribution is 0.0596. The number of aromatic nitrogens is 1. The number of nitrogen functional groups attached to an aromatic ring is 1. The topological polar surface area (TPSA) is 74.4 Å². The SMILES string of the molecule is COC(=O)c1cc(I)c(N)nc1OC. The van der Waals surface area contributed by atoms with Crippen molar-refractivity contribution in [1.82, 2.24) is 4.98 Å². The Kier molecular flexibility index (Phi) is 3.50. The van der Waals surface area contributed by atoms with Gasteiger partial charge in [-0.15, -0.1) is 0 Å². The van der Waals surface area contributed by atoms with Gasteiger partial charge in [0.05, 0.1) is 17.8 Å². The average molecular weight is 308 g/mol. The van der Waals surface area contributed by atoms with E-state index in [-0.39, 0.29) is 11.4 Å². The number of ether oxygens (including phenoxy) is 2. The van der Waals surface area contributed by atoms with Crippen LogP contribution in [0.4, 0.5) is 5.82 Å². The molecule has 0 aliphatic carbocycles. The normalized spacial score (nSPS) is 9.64. The fourth-order valence-corrected chi connectivity index (χ4v) is 1.33. The highest BCUT2D eigenvalue weighted by atomic mass is 127. The lowest BCUT2D eigenvalue weighted by Gasteiger charge is -2.07. The van der Waals surface area contributed by atoms with Crippen molar-refractivity contribution in [2.24, 2.45) is 0 Å². The first-order valence-corrected chi connectivity index (χ1v) is 4.76. The van der Waals surface area contributed by atoms with Gasteiger partial charge >= 0.3 is 5.97 Å². The Balaban J connectivity index is 3.27. The lowest BCUT2D eigenvalue weighted by Crippen LogP contribution is -2.08. The van der Waals surface area contributed by atoms with E-state index in [1.165, 1.54) is 14.2 Å². The lowest BCUT2D eigenvalue weighted by atomic mass is 10.2. The molecule has 0 saturated carbocycles. The third-order valence-electron chi connectivity index (χ3n) is 1.57. The van der Waals surface area contributed by atoms with E-state index in [0.29, 0.717) is 9.39 Å². The zero-order valence-corrected chi connectivity index (χ0v) is 9.86. The largest absolute Gasteiger partial charge is 0.480 e. The molecule has 1 rings (SSSR count). The zero-order valence-electron chi connectivity index (χ0n) is 7.70. The second-order valence-electron chi connectivity index (χ2n) is 2.40. The van der Waals surface area contributed by atoms with Crippen LogP contribution in [0.5, 0.6) is 5.88 Å². The second-order valence-corrected chi connectivity index (χ2v) is 3.57. The molecule has 76 valence electrons. The van der Waals surface area contributed by atoms with E-state index in [2.05, 4.69) is 9.72 Å². The summed E-state index contributed by atoms with van der Waals surface area (Å²) in [4.78, 5) is 15.2. The van der Waals surface area contributed by atoms with E-state index in [1.54, 1.807) is 6.07 Å². The van der Waals surface area contributed by atoms with Gasteiger partial charge in [0.1, 0.15) is 11.4 Å². The molecule has 14 heavy (non-hydrogen) atoms. The van der Waals surface area contributed by atoms with E-state index < -0.39 is 5.97 Å². The average Bonchev–Trinajstić information content (AvgIpc) is 2.20. The van der Waals surface area contributed by atoms with Crippen LogP contribution in [0.15, 0.2) is 6.07 Å². The van der Waals surface area contributed by atoms with Crippen LogP contribution in [0.3, 0.4) is 0 Å². The number of carbonyl (C=O) groups excluding carboxylic acids is 1. The highest BCUT2D eigenvalue weighted by molar-refractivity contribution is 14.1. The van der Waals surface area contributed by atoms with Crippen molar-refractivity contribution in [3.05, 3.63) is 15.2 Å². The summed E-state index contributed by atoms with van der Waals surface area (Å²) in [7, 11) is 2.71. The van der Waals surface area contributed by atoms with Crippen LogP contribution in [0.2, 0.25) is 0 Å². The van der Waals surface area contributed by atoms with Crippen molar-refractivity contribution in [1.29, 1.82) is 0 Å². The van der Waals surface area contributed by atoms with Crippen LogP contribution >= 0.6 is 22.6 Å². The molecule has 1 aromatic rings. The maximum atomic E-state index is 11.3. The van der Waals surface area contributed by atoms with E-state index in [0.717, 1.165) is 0 Å². The molecule has 0 aliphatic rings. The van der Waals surface area contributed by atoms with Gasteiger partial charge in [-0.1, -0.05) is 0 Å². The van der Waals surface area contributed by atoms with Crippen LogP contribution < -0.4 is 10.5 Å². The molecule has 1 aromatic heterocycles. The van der Waals surface area contributed by atoms with Gasteiger partial charge in [-0.05, 0) is 28.7 Å². The molecule has 0 unspecified atom stereocenters. The number of hydrogen-bond donors (Lipinski definition) is 1. The Morgan fingerprint density at radius 3 is 2.71 bits per heavy atom. The van der Waals surface area contributed by atoms with Crippen molar-refractivity contribution in [3.8, 4) is 5.88 Å². The number of pyridine rings is 1. The number of halogens is 1. The summed E-state index contributed by atoms with van der Waals surface area (Å²) in [5.74, 6) is 0.0112. The van der Waals surface area contributed by atoms with Crippen molar-refractivity contribution >= 4 is 34.4 Å². The third kappa shape index (κ3) is 2.06. The van der Waals surface area contributed by atoms with Crippen molar-refractivity contribution in [2.45, 2.75) is 0 Å². The van der Waals surface area contributed by atoms with E-state index in [4.69, 9.17) is 10.5 Å². The molecule has 0 fully saturated rings. The number of hydrogen-bond acceptors (Lipinski definition) is 5. The summed E-state index contributed by atoms with van der Waals surface area (Å²) >= 11 is 1.98. The zero-order chi connectivity index (χ0) is 10.7. The van der Waals surface area contributed by atoms with E-state index in [1.807, 2.05) is 22.6 Å². The van der Waals surface area contributed by atoms with Crippen LogP contribution in [-0.4, -0.2) is 25.2 Å². The fourth-order valence-electron chi connectivity index (χ4n) is 0.897. The van der Waals surface area contributed by atoms with Gasteiger partial charge < -0.3 is 15.2 Å². The molecule has 5 nitrogen and oxygen atoms in total. The van der Waals surface area contributed by atoms with Gasteiger partial charge in [0.25, 0.3) is 0 Å². The predicted octanol–water partition coefficient (Wildman–Crippen LogP) is 1.06. The number of nitrogens with two attached hydrogens (primary N) is 1. The smallest absolute Gasteiger partial charge is 0.343 e. The summed E-state index contributed by atoms with van der Waals surface area (Å²) in [5.41, 5.74) is 5.83. The van der Waals surface area contributed by atoms with E-state index in [9.17, 15) is 4.79 Å². The minimum absolute atomic E-state index is 0.176. The molecule has 1 heterocycles. The number of rotatable bonds is 2. The summed E-state index contributed by atoms with van der Waals surface area (Å²) < 4.78 is 10.2. The molecule has 0 saturated heterocycles. The maximum absolute atomic E-state index is 11.3. The number of carbonyl (C=O) groups is 1. The van der Waals surface area contributed by atoms with E-state index >= 15 is 0 Å². The Morgan fingerprint density at radius 1 is 1.57 bits per heavy atom. The molecule has 0 spiro atoms. The van der Waals surface area contributed by atoms with Crippen LogP contribution in [-0.2, 0) is 4.74 Å². The highest BCUT2D eigenvalue weighted by Crippen LogP contribution is 2.22. The first kappa shape index (κ1) is 11.0. The molecule has 6 heteroatoms. The van der Waals surface area contributed by atoms with Gasteiger partial charge in [0.15, 0.2) is 0 Å². The van der Waals surface area contributed by atoms with Crippen molar-refractivity contribution in [2.75, 3.05) is 20.0 Å². The first-order valence-electron chi connectivity index (χ1n) is 3.68. The molecule has 0 radical (unpaired) electrons. The molecule has 0 bridgehead atoms. The van der Waals surface area contributed by atoms with Crippen molar-refractivity contribution in [3.63, 3.8) is 0 Å². The second kappa shape index (κ2) is 4.45. The van der Waals surface area contributed by atoms with Gasteiger partial charge in [-0.25, -0.2) is 4.79 Å². The van der Waals surface area contributed by atoms with Crippen molar-refractivity contribution < 1.29 is 14.3 Å². The molecule has 0 atom stereocenters. The quantitative estimate of drug-likeness (QED) is 0.653. The summed E-state index contributed by atoms with van der Waals surface area (Å²) in [6, 6.07) is 1.58. The molecular weight excluding hydrogens is 299 g/mol. The standard InChI is InChI=1S/C8H9IN2O3/c1-13-7-4(8(12)14-2)3-5(9)6(10)11-7/h3H,1-2H3,(H2,10,11). The molecular formula is C8H9IN2O3. The van der Waals surface area contributed by atoms with Gasteiger partial charge in [0.2, 0.25) is 5.88 Å². The van der Waals surface area contributed by atoms with Gasteiger partial charge in [-0.2, -0.15) is 4.98 Å². The molecule has 2 N–H and O–H groups in total.